The van der Waals surface area contributed by atoms with E-state index in [1.54, 1.807) is 23.4 Å². The molecule has 0 aliphatic rings. The Labute approximate surface area is 156 Å². The van der Waals surface area contributed by atoms with E-state index in [-0.39, 0.29) is 5.82 Å². The molecule has 0 bridgehead atoms. The van der Waals surface area contributed by atoms with Crippen LogP contribution in [0, 0.1) is 5.82 Å². The first-order chi connectivity index (χ1) is 13.1. The lowest BCUT2D eigenvalue weighted by Gasteiger charge is -2.16. The summed E-state index contributed by atoms with van der Waals surface area (Å²) < 4.78 is 16.7. The molecule has 138 valence electrons. The molecule has 0 saturated heterocycles. The summed E-state index contributed by atoms with van der Waals surface area (Å²) in [4.78, 5) is 11.0. The van der Waals surface area contributed by atoms with Crippen LogP contribution in [0.2, 0.25) is 0 Å². The van der Waals surface area contributed by atoms with E-state index in [0.717, 1.165) is 41.1 Å². The van der Waals surface area contributed by atoms with Crippen molar-refractivity contribution >= 4 is 11.0 Å². The van der Waals surface area contributed by atoms with E-state index in [4.69, 9.17) is 0 Å². The van der Waals surface area contributed by atoms with Crippen molar-refractivity contribution in [1.82, 2.24) is 34.4 Å². The van der Waals surface area contributed by atoms with E-state index < -0.39 is 0 Å². The van der Waals surface area contributed by atoms with Gasteiger partial charge in [0.25, 0.3) is 0 Å². The fourth-order valence-corrected chi connectivity index (χ4v) is 3.11. The number of hydrogen-bond donors (Lipinski definition) is 0. The molecule has 0 aliphatic carbocycles. The minimum absolute atomic E-state index is 0.215. The van der Waals surface area contributed by atoms with Crippen LogP contribution in [0.25, 0.3) is 22.4 Å². The predicted molar refractivity (Wildman–Crippen MR) is 100 cm³/mol. The number of aryl methyl sites for hydroxylation is 1. The molecule has 0 unspecified atom stereocenters. The molecule has 0 radical (unpaired) electrons. The number of benzene rings is 1. The lowest BCUT2D eigenvalue weighted by molar-refractivity contribution is 0.307. The molecule has 3 heterocycles. The van der Waals surface area contributed by atoms with Gasteiger partial charge in [-0.15, -0.1) is 0 Å². The maximum Gasteiger partial charge on any atom is 0.161 e. The van der Waals surface area contributed by atoms with Crippen LogP contribution < -0.4 is 0 Å². The summed E-state index contributed by atoms with van der Waals surface area (Å²) in [7, 11) is 3.92. The topological polar surface area (TPSA) is 64.7 Å². The highest BCUT2D eigenvalue weighted by molar-refractivity contribution is 5.88. The maximum absolute atomic E-state index is 13.0. The van der Waals surface area contributed by atoms with Crippen LogP contribution in [0.5, 0.6) is 0 Å². The molecule has 1 aromatic carbocycles. The second-order valence-electron chi connectivity index (χ2n) is 6.53. The van der Waals surface area contributed by atoms with E-state index in [1.165, 1.54) is 12.1 Å². The fourth-order valence-electron chi connectivity index (χ4n) is 3.11. The number of hydrogen-bond acceptors (Lipinski definition) is 5. The zero-order valence-corrected chi connectivity index (χ0v) is 15.2. The van der Waals surface area contributed by atoms with Gasteiger partial charge in [0, 0.05) is 26.3 Å². The number of fused-ring (bicyclic) bond motifs is 1. The molecule has 0 N–H and O–H groups in total. The lowest BCUT2D eigenvalue weighted by Crippen LogP contribution is -2.23. The maximum atomic E-state index is 13.0. The monoisotopic (exact) mass is 365 g/mol. The molecule has 4 rings (SSSR count). The standard InChI is InChI=1S/C19H20FN7/c1-25(12-14-3-5-15(20)6-4-14)9-10-27-19-16(11-24-27)18(21-13-22-19)17-7-8-23-26(17)2/h3-8,11,13H,9-10,12H2,1-2H3. The molecule has 3 aromatic heterocycles. The van der Waals surface area contributed by atoms with Crippen LogP contribution in [0.4, 0.5) is 4.39 Å². The number of likely N-dealkylation sites (N-methyl/N-ethyl adjacent to an activating group) is 1. The van der Waals surface area contributed by atoms with Gasteiger partial charge >= 0.3 is 0 Å². The second-order valence-corrected chi connectivity index (χ2v) is 6.53. The van der Waals surface area contributed by atoms with Crippen LogP contribution in [0.15, 0.2) is 49.1 Å². The van der Waals surface area contributed by atoms with Crippen molar-refractivity contribution in [3.63, 3.8) is 0 Å². The second kappa shape index (κ2) is 7.24. The molecule has 0 saturated carbocycles. The van der Waals surface area contributed by atoms with E-state index in [1.807, 2.05) is 37.0 Å². The summed E-state index contributed by atoms with van der Waals surface area (Å²) in [5.74, 6) is -0.215. The van der Waals surface area contributed by atoms with Crippen LogP contribution >= 0.6 is 0 Å². The summed E-state index contributed by atoms with van der Waals surface area (Å²) in [6.45, 7) is 2.23. The molecule has 0 amide bonds. The normalized spacial score (nSPS) is 11.6. The van der Waals surface area contributed by atoms with Crippen LogP contribution in [-0.2, 0) is 20.1 Å². The molecule has 27 heavy (non-hydrogen) atoms. The summed E-state index contributed by atoms with van der Waals surface area (Å²) >= 11 is 0. The number of rotatable bonds is 6. The zero-order valence-electron chi connectivity index (χ0n) is 15.2. The fraction of sp³-hybridized carbons (Fsp3) is 0.263. The first kappa shape index (κ1) is 17.3. The first-order valence-corrected chi connectivity index (χ1v) is 8.69. The predicted octanol–water partition coefficient (Wildman–Crippen LogP) is 2.50. The molecule has 0 fully saturated rings. The molecule has 0 atom stereocenters. The number of halogens is 1. The minimum atomic E-state index is -0.215. The van der Waals surface area contributed by atoms with Gasteiger partial charge in [-0.05, 0) is 30.8 Å². The quantitative estimate of drug-likeness (QED) is 0.525. The Morgan fingerprint density at radius 1 is 1.07 bits per heavy atom. The summed E-state index contributed by atoms with van der Waals surface area (Å²) in [6.07, 6.45) is 5.11. The van der Waals surface area contributed by atoms with Gasteiger partial charge in [0.1, 0.15) is 17.8 Å². The Kier molecular flexibility index (Phi) is 4.64. The van der Waals surface area contributed by atoms with Crippen molar-refractivity contribution in [3.05, 3.63) is 60.4 Å². The Morgan fingerprint density at radius 3 is 2.63 bits per heavy atom. The molecule has 7 nitrogen and oxygen atoms in total. The summed E-state index contributed by atoms with van der Waals surface area (Å²) in [5.41, 5.74) is 3.63. The van der Waals surface area contributed by atoms with Gasteiger partial charge in [0.15, 0.2) is 5.65 Å². The Balaban J connectivity index is 1.50. The third-order valence-electron chi connectivity index (χ3n) is 4.56. The van der Waals surface area contributed by atoms with Gasteiger partial charge in [-0.25, -0.2) is 19.0 Å². The summed E-state index contributed by atoms with van der Waals surface area (Å²) in [6, 6.07) is 8.52. The van der Waals surface area contributed by atoms with Crippen molar-refractivity contribution in [1.29, 1.82) is 0 Å². The van der Waals surface area contributed by atoms with Crippen molar-refractivity contribution in [2.45, 2.75) is 13.1 Å². The molecule has 4 aromatic rings. The minimum Gasteiger partial charge on any atom is -0.300 e. The molecule has 8 heteroatoms. The molecule has 0 aliphatic heterocycles. The number of aromatic nitrogens is 6. The third-order valence-corrected chi connectivity index (χ3v) is 4.56. The average molecular weight is 365 g/mol. The van der Waals surface area contributed by atoms with Gasteiger partial charge in [-0.1, -0.05) is 12.1 Å². The molecular weight excluding hydrogens is 345 g/mol. The number of nitrogens with zero attached hydrogens (tertiary/aromatic N) is 7. The van der Waals surface area contributed by atoms with Crippen LogP contribution in [0.1, 0.15) is 5.56 Å². The Hall–Kier alpha value is -3.13. The van der Waals surface area contributed by atoms with Crippen LogP contribution in [-0.4, -0.2) is 48.0 Å². The third kappa shape index (κ3) is 3.56. The SMILES string of the molecule is CN(CCn1ncc2c(-c3ccnn3C)ncnc21)Cc1ccc(F)cc1. The summed E-state index contributed by atoms with van der Waals surface area (Å²) in [5, 5.41) is 9.61. The average Bonchev–Trinajstić information content (AvgIpc) is 3.28. The first-order valence-electron chi connectivity index (χ1n) is 8.69. The van der Waals surface area contributed by atoms with E-state index in [0.29, 0.717) is 6.54 Å². The van der Waals surface area contributed by atoms with Crippen LogP contribution in [0.3, 0.4) is 0 Å². The zero-order chi connectivity index (χ0) is 18.8. The van der Waals surface area contributed by atoms with Gasteiger partial charge in [-0.2, -0.15) is 10.2 Å². The van der Waals surface area contributed by atoms with Gasteiger partial charge < -0.3 is 4.90 Å². The smallest absolute Gasteiger partial charge is 0.161 e. The Bertz CT molecular complexity index is 1050. The van der Waals surface area contributed by atoms with Crippen molar-refractivity contribution in [2.24, 2.45) is 7.05 Å². The molecule has 0 spiro atoms. The van der Waals surface area contributed by atoms with E-state index in [9.17, 15) is 4.39 Å². The van der Waals surface area contributed by atoms with Crippen molar-refractivity contribution < 1.29 is 4.39 Å². The highest BCUT2D eigenvalue weighted by atomic mass is 19.1. The molecular formula is C19H20FN7. The van der Waals surface area contributed by atoms with Gasteiger partial charge in [-0.3, -0.25) is 4.68 Å². The van der Waals surface area contributed by atoms with Gasteiger partial charge in [0.05, 0.1) is 23.8 Å². The lowest BCUT2D eigenvalue weighted by atomic mass is 10.2. The Morgan fingerprint density at radius 2 is 1.89 bits per heavy atom. The van der Waals surface area contributed by atoms with E-state index >= 15 is 0 Å². The van der Waals surface area contributed by atoms with Gasteiger partial charge in [0.2, 0.25) is 0 Å². The highest BCUT2D eigenvalue weighted by Gasteiger charge is 2.14. The van der Waals surface area contributed by atoms with E-state index in [2.05, 4.69) is 25.1 Å². The van der Waals surface area contributed by atoms with Crippen molar-refractivity contribution in [2.75, 3.05) is 13.6 Å². The largest absolute Gasteiger partial charge is 0.300 e. The highest BCUT2D eigenvalue weighted by Crippen LogP contribution is 2.24. The van der Waals surface area contributed by atoms with Crippen molar-refractivity contribution in [3.8, 4) is 11.4 Å².